The third-order valence-corrected chi connectivity index (χ3v) is 5.46. The summed E-state index contributed by atoms with van der Waals surface area (Å²) < 4.78 is 5.22. The average Bonchev–Trinajstić information content (AvgIpc) is 2.76. The first kappa shape index (κ1) is 21.8. The summed E-state index contributed by atoms with van der Waals surface area (Å²) in [6.07, 6.45) is 0. The van der Waals surface area contributed by atoms with E-state index in [1.165, 1.54) is 12.7 Å². The minimum atomic E-state index is -0.708. The lowest BCUT2D eigenvalue weighted by Crippen LogP contribution is -2.49. The van der Waals surface area contributed by atoms with Crippen LogP contribution in [0.2, 0.25) is 0 Å². The van der Waals surface area contributed by atoms with Crippen molar-refractivity contribution in [3.8, 4) is 5.75 Å². The third kappa shape index (κ3) is 5.58. The van der Waals surface area contributed by atoms with Crippen molar-refractivity contribution in [3.63, 3.8) is 0 Å². The molecule has 1 aliphatic heterocycles. The predicted molar refractivity (Wildman–Crippen MR) is 118 cm³/mol. The Morgan fingerprint density at radius 2 is 1.67 bits per heavy atom. The average molecular weight is 411 g/mol. The van der Waals surface area contributed by atoms with Gasteiger partial charge in [-0.3, -0.25) is 14.5 Å². The van der Waals surface area contributed by atoms with Crippen LogP contribution in [0, 0.1) is 6.92 Å². The zero-order chi connectivity index (χ0) is 21.5. The molecule has 0 aliphatic carbocycles. The highest BCUT2D eigenvalue weighted by atomic mass is 16.5. The van der Waals surface area contributed by atoms with Gasteiger partial charge >= 0.3 is 11.8 Å². The van der Waals surface area contributed by atoms with Crippen molar-refractivity contribution in [1.82, 2.24) is 15.1 Å². The van der Waals surface area contributed by atoms with Crippen LogP contribution in [0.4, 0.5) is 5.69 Å². The lowest BCUT2D eigenvalue weighted by molar-refractivity contribution is -0.136. The number of piperazine rings is 1. The molecule has 2 aromatic carbocycles. The molecule has 1 atom stereocenters. The Morgan fingerprint density at radius 1 is 1.00 bits per heavy atom. The molecule has 0 radical (unpaired) electrons. The quantitative estimate of drug-likeness (QED) is 0.713. The summed E-state index contributed by atoms with van der Waals surface area (Å²) >= 11 is 0. The maximum absolute atomic E-state index is 12.5. The number of aryl methyl sites for hydroxylation is 1. The van der Waals surface area contributed by atoms with Crippen LogP contribution in [-0.4, -0.2) is 68.5 Å². The normalized spacial score (nSPS) is 16.0. The maximum atomic E-state index is 12.5. The number of hydrogen-bond donors (Lipinski definition) is 2. The number of nitrogens with zero attached hydrogens (tertiary/aromatic N) is 2. The van der Waals surface area contributed by atoms with Gasteiger partial charge in [0.05, 0.1) is 18.8 Å². The Morgan fingerprint density at radius 3 is 2.33 bits per heavy atom. The van der Waals surface area contributed by atoms with Crippen LogP contribution in [0.3, 0.4) is 0 Å². The van der Waals surface area contributed by atoms with Gasteiger partial charge in [-0.1, -0.05) is 42.0 Å². The van der Waals surface area contributed by atoms with Gasteiger partial charge < -0.3 is 20.3 Å². The molecule has 160 valence electrons. The number of benzene rings is 2. The van der Waals surface area contributed by atoms with Crippen LogP contribution < -0.4 is 15.4 Å². The Bertz CT molecular complexity index is 861. The van der Waals surface area contributed by atoms with E-state index in [0.717, 1.165) is 31.7 Å². The van der Waals surface area contributed by atoms with Crippen molar-refractivity contribution in [2.45, 2.75) is 13.0 Å². The summed E-state index contributed by atoms with van der Waals surface area (Å²) in [6.45, 7) is 6.20. The highest BCUT2D eigenvalue weighted by Gasteiger charge is 2.25. The number of anilines is 1. The van der Waals surface area contributed by atoms with Gasteiger partial charge in [-0.2, -0.15) is 0 Å². The third-order valence-electron chi connectivity index (χ3n) is 5.46. The number of carbonyl (C=O) groups is 2. The fraction of sp³-hybridized carbons (Fsp3) is 0.391. The second kappa shape index (κ2) is 10.2. The molecule has 7 heteroatoms. The van der Waals surface area contributed by atoms with Crippen LogP contribution in [0.1, 0.15) is 17.2 Å². The van der Waals surface area contributed by atoms with E-state index in [4.69, 9.17) is 4.74 Å². The second-order valence-corrected chi connectivity index (χ2v) is 7.63. The number of ether oxygens (including phenoxy) is 1. The molecule has 1 heterocycles. The summed E-state index contributed by atoms with van der Waals surface area (Å²) in [5.41, 5.74) is 2.79. The van der Waals surface area contributed by atoms with Gasteiger partial charge in [0.2, 0.25) is 0 Å². The van der Waals surface area contributed by atoms with E-state index in [0.29, 0.717) is 18.0 Å². The van der Waals surface area contributed by atoms with Gasteiger partial charge in [0.15, 0.2) is 0 Å². The van der Waals surface area contributed by atoms with Crippen molar-refractivity contribution in [3.05, 3.63) is 59.7 Å². The molecule has 0 bridgehead atoms. The van der Waals surface area contributed by atoms with Crippen molar-refractivity contribution < 1.29 is 14.3 Å². The van der Waals surface area contributed by atoms with E-state index in [-0.39, 0.29) is 6.04 Å². The van der Waals surface area contributed by atoms with Crippen LogP contribution in [-0.2, 0) is 9.59 Å². The lowest BCUT2D eigenvalue weighted by Gasteiger charge is -2.38. The summed E-state index contributed by atoms with van der Waals surface area (Å²) in [7, 11) is 3.63. The molecule has 0 spiro atoms. The van der Waals surface area contributed by atoms with Gasteiger partial charge in [0.1, 0.15) is 5.75 Å². The number of nitrogens with one attached hydrogen (secondary N) is 2. The summed E-state index contributed by atoms with van der Waals surface area (Å²) in [6, 6.07) is 15.4. The number of likely N-dealkylation sites (N-methyl/N-ethyl adjacent to an activating group) is 1. The van der Waals surface area contributed by atoms with Crippen molar-refractivity contribution in [1.29, 1.82) is 0 Å². The smallest absolute Gasteiger partial charge is 0.313 e. The van der Waals surface area contributed by atoms with E-state index >= 15 is 0 Å². The lowest BCUT2D eigenvalue weighted by atomic mass is 10.0. The van der Waals surface area contributed by atoms with E-state index in [9.17, 15) is 9.59 Å². The number of amides is 2. The zero-order valence-electron chi connectivity index (χ0n) is 17.9. The molecule has 1 saturated heterocycles. The molecule has 2 N–H and O–H groups in total. The number of carbonyl (C=O) groups excluding carboxylic acids is 2. The van der Waals surface area contributed by atoms with Crippen LogP contribution in [0.25, 0.3) is 0 Å². The molecular weight excluding hydrogens is 380 g/mol. The number of rotatable bonds is 6. The van der Waals surface area contributed by atoms with Gasteiger partial charge in [0, 0.05) is 32.7 Å². The summed E-state index contributed by atoms with van der Waals surface area (Å²) in [5, 5.41) is 5.44. The first-order valence-corrected chi connectivity index (χ1v) is 10.2. The number of para-hydroxylation sites is 2. The van der Waals surface area contributed by atoms with Crippen molar-refractivity contribution in [2.75, 3.05) is 52.2 Å². The van der Waals surface area contributed by atoms with Gasteiger partial charge in [-0.15, -0.1) is 0 Å². The Balaban J connectivity index is 1.66. The number of methoxy groups -OCH3 is 1. The van der Waals surface area contributed by atoms with E-state index in [2.05, 4.69) is 58.7 Å². The minimum absolute atomic E-state index is 0.0160. The highest BCUT2D eigenvalue weighted by Crippen LogP contribution is 2.24. The monoisotopic (exact) mass is 410 g/mol. The van der Waals surface area contributed by atoms with Crippen LogP contribution >= 0.6 is 0 Å². The first-order chi connectivity index (χ1) is 14.5. The Hall–Kier alpha value is -2.90. The SMILES string of the molecule is COc1ccccc1NC(=O)C(=O)NC[C@H](c1ccc(C)cc1)N1CCN(C)CC1. The fourth-order valence-corrected chi connectivity index (χ4v) is 3.58. The molecule has 2 amide bonds. The zero-order valence-corrected chi connectivity index (χ0v) is 17.9. The molecular formula is C23H30N4O3. The second-order valence-electron chi connectivity index (χ2n) is 7.63. The minimum Gasteiger partial charge on any atom is -0.495 e. The van der Waals surface area contributed by atoms with Gasteiger partial charge in [-0.05, 0) is 31.7 Å². The molecule has 1 fully saturated rings. The Kier molecular flexibility index (Phi) is 7.43. The molecule has 30 heavy (non-hydrogen) atoms. The molecule has 0 saturated carbocycles. The molecule has 7 nitrogen and oxygen atoms in total. The first-order valence-electron chi connectivity index (χ1n) is 10.2. The van der Waals surface area contributed by atoms with Crippen molar-refractivity contribution >= 4 is 17.5 Å². The maximum Gasteiger partial charge on any atom is 0.313 e. The van der Waals surface area contributed by atoms with Crippen LogP contribution in [0.5, 0.6) is 5.75 Å². The predicted octanol–water partition coefficient (Wildman–Crippen LogP) is 2.05. The van der Waals surface area contributed by atoms with Crippen molar-refractivity contribution in [2.24, 2.45) is 0 Å². The highest BCUT2D eigenvalue weighted by molar-refractivity contribution is 6.39. The van der Waals surface area contributed by atoms with Gasteiger partial charge in [0.25, 0.3) is 0 Å². The van der Waals surface area contributed by atoms with E-state index in [1.807, 2.05) is 0 Å². The molecule has 2 aromatic rings. The molecule has 0 aromatic heterocycles. The molecule has 1 aliphatic rings. The standard InChI is InChI=1S/C23H30N4O3/c1-17-8-10-18(11-9-17)20(27-14-12-26(2)13-15-27)16-24-22(28)23(29)25-19-6-4-5-7-21(19)30-3/h4-11,20H,12-16H2,1-3H3,(H,24,28)(H,25,29)/t20-/m1/s1. The van der Waals surface area contributed by atoms with E-state index in [1.54, 1.807) is 24.3 Å². The summed E-state index contributed by atoms with van der Waals surface area (Å²) in [5.74, 6) is -0.860. The van der Waals surface area contributed by atoms with Crippen LogP contribution in [0.15, 0.2) is 48.5 Å². The van der Waals surface area contributed by atoms with Gasteiger partial charge in [-0.25, -0.2) is 0 Å². The number of hydrogen-bond acceptors (Lipinski definition) is 5. The van der Waals surface area contributed by atoms with E-state index < -0.39 is 11.8 Å². The summed E-state index contributed by atoms with van der Waals surface area (Å²) in [4.78, 5) is 29.5. The fourth-order valence-electron chi connectivity index (χ4n) is 3.58. The topological polar surface area (TPSA) is 73.9 Å². The molecule has 0 unspecified atom stereocenters. The Labute approximate surface area is 178 Å². The molecule has 3 rings (SSSR count). The largest absolute Gasteiger partial charge is 0.495 e.